The summed E-state index contributed by atoms with van der Waals surface area (Å²) in [5.41, 5.74) is 7.51. The molecule has 0 aliphatic carbocycles. The Labute approximate surface area is 245 Å². The van der Waals surface area contributed by atoms with E-state index in [-0.39, 0.29) is 5.91 Å². The average Bonchev–Trinajstić information content (AvgIpc) is 2.96. The van der Waals surface area contributed by atoms with Gasteiger partial charge in [0.15, 0.2) is 0 Å². The summed E-state index contributed by atoms with van der Waals surface area (Å²) in [6.45, 7) is 1.78. The van der Waals surface area contributed by atoms with E-state index in [0.29, 0.717) is 54.2 Å². The highest BCUT2D eigenvalue weighted by atomic mass is 35.5. The predicted molar refractivity (Wildman–Crippen MR) is 163 cm³/mol. The zero-order valence-electron chi connectivity index (χ0n) is 21.1. The van der Waals surface area contributed by atoms with Crippen LogP contribution in [0.25, 0.3) is 22.2 Å². The van der Waals surface area contributed by atoms with Gasteiger partial charge in [0.25, 0.3) is 11.8 Å². The van der Waals surface area contributed by atoms with Crippen molar-refractivity contribution in [2.24, 2.45) is 5.10 Å². The molecular formula is C31H21Cl3N4O2. The van der Waals surface area contributed by atoms with E-state index >= 15 is 0 Å². The molecule has 0 unspecified atom stereocenters. The number of hydrogen-bond acceptors (Lipinski definition) is 4. The zero-order valence-corrected chi connectivity index (χ0v) is 23.4. The lowest BCUT2D eigenvalue weighted by molar-refractivity contribution is 0.0955. The summed E-state index contributed by atoms with van der Waals surface area (Å²) in [5, 5.41) is 9.33. The van der Waals surface area contributed by atoms with Gasteiger partial charge in [0.1, 0.15) is 0 Å². The van der Waals surface area contributed by atoms with E-state index in [1.54, 1.807) is 91.9 Å². The standard InChI is InChI=1S/C31H21Cl3N4O2/c1-18(19-7-12-25(13-8-19)35-30(39)21-3-2-4-23(33)15-21)37-38-31(40)27-17-29(20-5-9-22(32)10-6-20)36-28-14-11-24(34)16-26(27)28/h2-17H,1H3,(H,35,39)(H,38,40). The minimum absolute atomic E-state index is 0.268. The number of benzene rings is 4. The van der Waals surface area contributed by atoms with Crippen molar-refractivity contribution in [2.75, 3.05) is 5.32 Å². The molecule has 9 heteroatoms. The van der Waals surface area contributed by atoms with Crippen LogP contribution in [0.5, 0.6) is 0 Å². The first kappa shape index (κ1) is 27.3. The predicted octanol–water partition coefficient (Wildman–Crippen LogP) is 8.27. The maximum atomic E-state index is 13.3. The molecule has 40 heavy (non-hydrogen) atoms. The fraction of sp³-hybridized carbons (Fsp3) is 0.0323. The Morgan fingerprint density at radius 2 is 1.43 bits per heavy atom. The Bertz CT molecular complexity index is 1770. The number of amides is 2. The monoisotopic (exact) mass is 586 g/mol. The van der Waals surface area contributed by atoms with E-state index in [1.165, 1.54) is 0 Å². The van der Waals surface area contributed by atoms with Gasteiger partial charge in [0.05, 0.1) is 22.5 Å². The van der Waals surface area contributed by atoms with Crippen molar-refractivity contribution in [3.8, 4) is 11.3 Å². The molecule has 5 aromatic rings. The molecule has 0 saturated carbocycles. The molecule has 0 aliphatic rings. The van der Waals surface area contributed by atoms with E-state index in [4.69, 9.17) is 39.8 Å². The van der Waals surface area contributed by atoms with Gasteiger partial charge in [0, 0.05) is 37.3 Å². The normalized spacial score (nSPS) is 11.3. The minimum Gasteiger partial charge on any atom is -0.322 e. The van der Waals surface area contributed by atoms with Gasteiger partial charge in [-0.15, -0.1) is 0 Å². The number of hydrogen-bond donors (Lipinski definition) is 2. The van der Waals surface area contributed by atoms with Crippen LogP contribution in [0.3, 0.4) is 0 Å². The van der Waals surface area contributed by atoms with Crippen LogP contribution in [-0.4, -0.2) is 22.5 Å². The van der Waals surface area contributed by atoms with Crippen LogP contribution in [0.1, 0.15) is 33.2 Å². The van der Waals surface area contributed by atoms with Gasteiger partial charge >= 0.3 is 0 Å². The maximum Gasteiger partial charge on any atom is 0.272 e. The van der Waals surface area contributed by atoms with Crippen LogP contribution in [-0.2, 0) is 0 Å². The van der Waals surface area contributed by atoms with Crippen molar-refractivity contribution >= 4 is 68.9 Å². The molecule has 0 aliphatic heterocycles. The van der Waals surface area contributed by atoms with Crippen LogP contribution in [0, 0.1) is 0 Å². The van der Waals surface area contributed by atoms with Gasteiger partial charge in [0.2, 0.25) is 0 Å². The van der Waals surface area contributed by atoms with Gasteiger partial charge in [-0.2, -0.15) is 5.10 Å². The van der Waals surface area contributed by atoms with Gasteiger partial charge < -0.3 is 5.32 Å². The van der Waals surface area contributed by atoms with Crippen molar-refractivity contribution in [3.05, 3.63) is 129 Å². The molecule has 0 fully saturated rings. The summed E-state index contributed by atoms with van der Waals surface area (Å²) in [7, 11) is 0. The fourth-order valence-electron chi connectivity index (χ4n) is 4.04. The molecule has 0 saturated heterocycles. The summed E-state index contributed by atoms with van der Waals surface area (Å²) < 4.78 is 0. The van der Waals surface area contributed by atoms with Crippen LogP contribution in [0.15, 0.2) is 102 Å². The number of fused-ring (bicyclic) bond motifs is 1. The summed E-state index contributed by atoms with van der Waals surface area (Å²) >= 11 is 18.2. The van der Waals surface area contributed by atoms with Crippen molar-refractivity contribution in [1.29, 1.82) is 0 Å². The molecular weight excluding hydrogens is 567 g/mol. The lowest BCUT2D eigenvalue weighted by atomic mass is 10.0. The summed E-state index contributed by atoms with van der Waals surface area (Å²) in [6, 6.07) is 28.0. The van der Waals surface area contributed by atoms with Crippen molar-refractivity contribution < 1.29 is 9.59 Å². The Hall–Kier alpha value is -4.23. The van der Waals surface area contributed by atoms with Gasteiger partial charge in [-0.05, 0) is 79.2 Å². The zero-order chi connectivity index (χ0) is 28.2. The molecule has 1 heterocycles. The molecule has 0 bridgehead atoms. The third-order valence-corrected chi connectivity index (χ3v) is 6.85. The number of carbonyl (C=O) groups excluding carboxylic acids is 2. The molecule has 2 amide bonds. The molecule has 5 rings (SSSR count). The second-order valence-corrected chi connectivity index (χ2v) is 10.2. The number of anilines is 1. The van der Waals surface area contributed by atoms with Crippen LogP contribution in [0.4, 0.5) is 5.69 Å². The van der Waals surface area contributed by atoms with Crippen LogP contribution >= 0.6 is 34.8 Å². The number of hydrazone groups is 1. The van der Waals surface area contributed by atoms with E-state index in [1.807, 2.05) is 12.1 Å². The molecule has 198 valence electrons. The first-order chi connectivity index (χ1) is 19.3. The third kappa shape index (κ3) is 6.32. The first-order valence-corrected chi connectivity index (χ1v) is 13.3. The SMILES string of the molecule is CC(=NNC(=O)c1cc(-c2ccc(Cl)cc2)nc2ccc(Cl)cc12)c1ccc(NC(=O)c2cccc(Cl)c2)cc1. The number of nitrogens with zero attached hydrogens (tertiary/aromatic N) is 2. The van der Waals surface area contributed by atoms with Crippen LogP contribution in [0.2, 0.25) is 15.1 Å². The molecule has 6 nitrogen and oxygen atoms in total. The quantitative estimate of drug-likeness (QED) is 0.155. The lowest BCUT2D eigenvalue weighted by Gasteiger charge is -2.10. The second-order valence-electron chi connectivity index (χ2n) is 8.90. The second kappa shape index (κ2) is 11.9. The Morgan fingerprint density at radius 3 is 2.15 bits per heavy atom. The smallest absolute Gasteiger partial charge is 0.272 e. The topological polar surface area (TPSA) is 83.4 Å². The lowest BCUT2D eigenvalue weighted by Crippen LogP contribution is -2.20. The van der Waals surface area contributed by atoms with Crippen molar-refractivity contribution in [1.82, 2.24) is 10.4 Å². The van der Waals surface area contributed by atoms with Gasteiger partial charge in [-0.1, -0.05) is 65.1 Å². The number of halogens is 3. The van der Waals surface area contributed by atoms with E-state index in [0.717, 1.165) is 11.1 Å². The van der Waals surface area contributed by atoms with Gasteiger partial charge in [-0.3, -0.25) is 9.59 Å². The Balaban J connectivity index is 1.35. The minimum atomic E-state index is -0.408. The van der Waals surface area contributed by atoms with Crippen molar-refractivity contribution in [3.63, 3.8) is 0 Å². The first-order valence-electron chi connectivity index (χ1n) is 12.1. The van der Waals surface area contributed by atoms with Gasteiger partial charge in [-0.25, -0.2) is 10.4 Å². The third-order valence-electron chi connectivity index (χ3n) is 6.13. The molecule has 0 spiro atoms. The number of aromatic nitrogens is 1. The van der Waals surface area contributed by atoms with Crippen LogP contribution < -0.4 is 10.7 Å². The highest BCUT2D eigenvalue weighted by Gasteiger charge is 2.15. The number of carbonyl (C=O) groups is 2. The maximum absolute atomic E-state index is 13.3. The van der Waals surface area contributed by atoms with E-state index in [9.17, 15) is 9.59 Å². The largest absolute Gasteiger partial charge is 0.322 e. The summed E-state index contributed by atoms with van der Waals surface area (Å²) in [4.78, 5) is 30.5. The molecule has 0 radical (unpaired) electrons. The molecule has 1 aromatic heterocycles. The Morgan fingerprint density at radius 1 is 0.725 bits per heavy atom. The number of nitrogens with one attached hydrogen (secondary N) is 2. The Kier molecular flexibility index (Phi) is 8.12. The number of pyridine rings is 1. The average molecular weight is 588 g/mol. The summed E-state index contributed by atoms with van der Waals surface area (Å²) in [5.74, 6) is -0.676. The fourth-order valence-corrected chi connectivity index (χ4v) is 4.53. The molecule has 0 atom stereocenters. The van der Waals surface area contributed by atoms with E-state index in [2.05, 4.69) is 15.8 Å². The number of rotatable bonds is 6. The highest BCUT2D eigenvalue weighted by Crippen LogP contribution is 2.28. The van der Waals surface area contributed by atoms with E-state index < -0.39 is 5.91 Å². The highest BCUT2D eigenvalue weighted by molar-refractivity contribution is 6.32. The summed E-state index contributed by atoms with van der Waals surface area (Å²) in [6.07, 6.45) is 0. The molecule has 4 aromatic carbocycles. The molecule has 2 N–H and O–H groups in total. The van der Waals surface area contributed by atoms with Crippen molar-refractivity contribution in [2.45, 2.75) is 6.92 Å².